The van der Waals surface area contributed by atoms with Crippen molar-refractivity contribution in [3.8, 4) is 0 Å². The van der Waals surface area contributed by atoms with Crippen molar-refractivity contribution in [3.63, 3.8) is 0 Å². The lowest BCUT2D eigenvalue weighted by Crippen LogP contribution is -2.62. The molecular formula is C25H29F2N9O2. The Morgan fingerprint density at radius 2 is 1.76 bits per heavy atom. The van der Waals surface area contributed by atoms with E-state index in [2.05, 4.69) is 25.3 Å². The number of likely N-dealkylation sites (tertiary alicyclic amines) is 2. The van der Waals surface area contributed by atoms with Gasteiger partial charge in [0, 0.05) is 38.1 Å². The van der Waals surface area contributed by atoms with Crippen LogP contribution < -0.4 is 16.0 Å². The van der Waals surface area contributed by atoms with Gasteiger partial charge in [0.15, 0.2) is 23.1 Å². The van der Waals surface area contributed by atoms with Crippen LogP contribution in [-0.4, -0.2) is 86.5 Å². The van der Waals surface area contributed by atoms with Gasteiger partial charge in [0.2, 0.25) is 5.91 Å². The third-order valence-electron chi connectivity index (χ3n) is 7.81. The van der Waals surface area contributed by atoms with Crippen LogP contribution in [0.1, 0.15) is 36.0 Å². The Balaban J connectivity index is 1.12. The lowest BCUT2D eigenvalue weighted by molar-refractivity contribution is -0.143. The van der Waals surface area contributed by atoms with Gasteiger partial charge in [-0.3, -0.25) is 19.5 Å². The third-order valence-corrected chi connectivity index (χ3v) is 7.81. The summed E-state index contributed by atoms with van der Waals surface area (Å²) in [5, 5.41) is 6.61. The molecule has 3 fully saturated rings. The number of anilines is 3. The molecule has 0 bridgehead atoms. The van der Waals surface area contributed by atoms with Gasteiger partial charge in [-0.2, -0.15) is 0 Å². The van der Waals surface area contributed by atoms with E-state index in [0.717, 1.165) is 49.3 Å². The Morgan fingerprint density at radius 1 is 1.03 bits per heavy atom. The monoisotopic (exact) mass is 525 g/mol. The van der Waals surface area contributed by atoms with Crippen molar-refractivity contribution in [2.24, 2.45) is 5.92 Å². The van der Waals surface area contributed by atoms with E-state index in [1.807, 2.05) is 9.80 Å². The van der Waals surface area contributed by atoms with Crippen molar-refractivity contribution in [1.29, 1.82) is 0 Å². The van der Waals surface area contributed by atoms with E-state index < -0.39 is 17.5 Å². The number of aromatic nitrogens is 4. The Kier molecular flexibility index (Phi) is 6.30. The van der Waals surface area contributed by atoms with E-state index in [1.54, 1.807) is 0 Å². The molecule has 11 nitrogen and oxygen atoms in total. The Hall–Kier alpha value is -3.87. The van der Waals surface area contributed by atoms with Crippen LogP contribution in [0.5, 0.6) is 0 Å². The van der Waals surface area contributed by atoms with E-state index in [-0.39, 0.29) is 40.2 Å². The number of pyridine rings is 1. The summed E-state index contributed by atoms with van der Waals surface area (Å²) in [6.07, 6.45) is 8.13. The van der Waals surface area contributed by atoms with Gasteiger partial charge in [-0.15, -0.1) is 5.10 Å². The topological polar surface area (TPSA) is 125 Å². The van der Waals surface area contributed by atoms with Crippen molar-refractivity contribution in [3.05, 3.63) is 42.0 Å². The van der Waals surface area contributed by atoms with Crippen LogP contribution >= 0.6 is 0 Å². The van der Waals surface area contributed by atoms with Gasteiger partial charge >= 0.3 is 0 Å². The summed E-state index contributed by atoms with van der Waals surface area (Å²) >= 11 is 0. The zero-order valence-electron chi connectivity index (χ0n) is 20.8. The fourth-order valence-corrected chi connectivity index (χ4v) is 5.75. The predicted octanol–water partition coefficient (Wildman–Crippen LogP) is 1.76. The molecular weight excluding hydrogens is 496 g/mol. The number of halogens is 2. The maximum atomic E-state index is 15.0. The molecule has 3 aliphatic heterocycles. The number of hydrogen-bond acceptors (Lipinski definition) is 8. The number of nitrogens with two attached hydrogens (primary N) is 1. The molecule has 200 valence electrons. The number of nitrogens with zero attached hydrogens (tertiary/aromatic N) is 7. The number of amides is 2. The summed E-state index contributed by atoms with van der Waals surface area (Å²) in [5.41, 5.74) is 6.29. The van der Waals surface area contributed by atoms with Crippen LogP contribution in [0.15, 0.2) is 24.8 Å². The molecule has 3 aromatic rings. The number of fused-ring (bicyclic) bond motifs is 1. The predicted molar refractivity (Wildman–Crippen MR) is 136 cm³/mol. The largest absolute Gasteiger partial charge is 0.381 e. The molecule has 0 atom stereocenters. The molecule has 0 radical (unpaired) electrons. The third kappa shape index (κ3) is 4.40. The van der Waals surface area contributed by atoms with E-state index in [0.29, 0.717) is 32.0 Å². The molecule has 38 heavy (non-hydrogen) atoms. The number of carbonyl (C=O) groups excluding carboxylic acids is 2. The quantitative estimate of drug-likeness (QED) is 0.516. The highest BCUT2D eigenvalue weighted by atomic mass is 19.1. The van der Waals surface area contributed by atoms with Crippen molar-refractivity contribution < 1.29 is 18.4 Å². The zero-order chi connectivity index (χ0) is 26.4. The first-order valence-corrected chi connectivity index (χ1v) is 12.9. The highest BCUT2D eigenvalue weighted by molar-refractivity contribution is 6.12. The number of rotatable bonds is 5. The SMILES string of the molecule is Nc1nn2cc(F)cnc2c1C(=O)Nc1cncc(F)c1N1CCC(C(=O)N2CC(N3CCCC3)C2)CC1. The lowest BCUT2D eigenvalue weighted by Gasteiger charge is -2.46. The normalized spacial score (nSPS) is 19.2. The van der Waals surface area contributed by atoms with Gasteiger partial charge in [0.1, 0.15) is 11.3 Å². The number of nitrogen functional groups attached to an aromatic ring is 1. The molecule has 6 rings (SSSR count). The number of hydrogen-bond donors (Lipinski definition) is 2. The van der Waals surface area contributed by atoms with E-state index in [4.69, 9.17) is 5.73 Å². The van der Waals surface area contributed by atoms with Gasteiger partial charge in [-0.25, -0.2) is 18.3 Å². The average Bonchev–Trinajstić information content (AvgIpc) is 3.50. The molecule has 3 aromatic heterocycles. The van der Waals surface area contributed by atoms with Crippen LogP contribution in [-0.2, 0) is 4.79 Å². The van der Waals surface area contributed by atoms with Crippen LogP contribution in [0.2, 0.25) is 0 Å². The smallest absolute Gasteiger partial charge is 0.263 e. The number of carbonyl (C=O) groups is 2. The zero-order valence-corrected chi connectivity index (χ0v) is 20.8. The highest BCUT2D eigenvalue weighted by Crippen LogP contribution is 2.34. The maximum absolute atomic E-state index is 15.0. The number of nitrogens with one attached hydrogen (secondary N) is 1. The first-order chi connectivity index (χ1) is 18.4. The standard InChI is InChI=1S/C25H29F2N9O2/c26-16-9-30-23-20(22(28)32-36(23)12-16)24(37)31-19-11-29-10-18(27)21(19)34-7-3-15(4-8-34)25(38)35-13-17(14-35)33-5-1-2-6-33/h9-12,15,17H,1-8,13-14H2,(H2,28,32)(H,31,37). The molecule has 6 heterocycles. The first-order valence-electron chi connectivity index (χ1n) is 12.9. The molecule has 2 amide bonds. The van der Waals surface area contributed by atoms with Gasteiger partial charge in [0.05, 0.1) is 30.5 Å². The summed E-state index contributed by atoms with van der Waals surface area (Å²) in [7, 11) is 0. The van der Waals surface area contributed by atoms with Crippen LogP contribution in [0, 0.1) is 17.6 Å². The molecule has 3 N–H and O–H groups in total. The van der Waals surface area contributed by atoms with E-state index in [1.165, 1.54) is 19.0 Å². The summed E-state index contributed by atoms with van der Waals surface area (Å²) < 4.78 is 29.6. The number of piperidine rings is 1. The Labute approximate surface area is 217 Å². The molecule has 0 spiro atoms. The second-order valence-corrected chi connectivity index (χ2v) is 10.2. The molecule has 0 aromatic carbocycles. The Morgan fingerprint density at radius 3 is 2.50 bits per heavy atom. The van der Waals surface area contributed by atoms with E-state index in [9.17, 15) is 14.0 Å². The highest BCUT2D eigenvalue weighted by Gasteiger charge is 2.39. The average molecular weight is 526 g/mol. The minimum atomic E-state index is -0.666. The van der Waals surface area contributed by atoms with Gasteiger partial charge < -0.3 is 20.9 Å². The summed E-state index contributed by atoms with van der Waals surface area (Å²) in [4.78, 5) is 40.2. The van der Waals surface area contributed by atoms with Crippen LogP contribution in [0.3, 0.4) is 0 Å². The molecule has 13 heteroatoms. The molecule has 0 aliphatic carbocycles. The fourth-order valence-electron chi connectivity index (χ4n) is 5.75. The van der Waals surface area contributed by atoms with Gasteiger partial charge in [-0.1, -0.05) is 0 Å². The van der Waals surface area contributed by atoms with Crippen LogP contribution in [0.25, 0.3) is 5.65 Å². The second-order valence-electron chi connectivity index (χ2n) is 10.2. The van der Waals surface area contributed by atoms with Gasteiger partial charge in [0.25, 0.3) is 5.91 Å². The Bertz CT molecular complexity index is 1380. The fraction of sp³-hybridized carbons (Fsp3) is 0.480. The molecule has 3 aliphatic rings. The second kappa shape index (κ2) is 9.78. The van der Waals surface area contributed by atoms with E-state index >= 15 is 4.39 Å². The maximum Gasteiger partial charge on any atom is 0.263 e. The first kappa shape index (κ1) is 24.5. The van der Waals surface area contributed by atoms with Gasteiger partial charge in [-0.05, 0) is 38.8 Å². The summed E-state index contributed by atoms with van der Waals surface area (Å²) in [6.45, 7) is 4.76. The molecule has 0 unspecified atom stereocenters. The minimum Gasteiger partial charge on any atom is -0.381 e. The van der Waals surface area contributed by atoms with Crippen molar-refractivity contribution in [1.82, 2.24) is 29.4 Å². The van der Waals surface area contributed by atoms with Crippen molar-refractivity contribution in [2.45, 2.75) is 31.7 Å². The lowest BCUT2D eigenvalue weighted by atomic mass is 9.92. The van der Waals surface area contributed by atoms with Crippen molar-refractivity contribution >= 4 is 34.7 Å². The summed E-state index contributed by atoms with van der Waals surface area (Å²) in [6, 6.07) is 0.482. The molecule has 0 saturated carbocycles. The van der Waals surface area contributed by atoms with Crippen LogP contribution in [0.4, 0.5) is 26.0 Å². The summed E-state index contributed by atoms with van der Waals surface area (Å²) in [5.74, 6) is -1.94. The molecule has 3 saturated heterocycles. The van der Waals surface area contributed by atoms with Crippen molar-refractivity contribution in [2.75, 3.05) is 55.2 Å². The minimum absolute atomic E-state index is 0.0497.